The smallest absolute Gasteiger partial charge is 0.0163 e. The summed E-state index contributed by atoms with van der Waals surface area (Å²) in [6, 6.07) is 0. The summed E-state index contributed by atoms with van der Waals surface area (Å²) >= 11 is 0. The standard InChI is InChI=1S/C15H24/c1-13(2)9-6-7-11-15(5)12-8-10-14(3)4/h6,9,11H,1,3,7-8,10,12H2,2,4-5H3. The zero-order valence-corrected chi connectivity index (χ0v) is 10.5. The van der Waals surface area contributed by atoms with Crippen LogP contribution in [0.5, 0.6) is 0 Å². The molecule has 0 bridgehead atoms. The van der Waals surface area contributed by atoms with Crippen molar-refractivity contribution in [2.45, 2.75) is 46.5 Å². The first kappa shape index (κ1) is 14.0. The van der Waals surface area contributed by atoms with Gasteiger partial charge in [0.2, 0.25) is 0 Å². The summed E-state index contributed by atoms with van der Waals surface area (Å²) < 4.78 is 0. The molecule has 0 aliphatic rings. The molecule has 0 heteroatoms. The van der Waals surface area contributed by atoms with E-state index in [1.165, 1.54) is 24.0 Å². The molecule has 0 saturated carbocycles. The SMILES string of the molecule is C=C(C)C=CCC=C(C)CCCC(=C)C. The molecule has 0 amide bonds. The van der Waals surface area contributed by atoms with Crippen molar-refractivity contribution < 1.29 is 0 Å². The van der Waals surface area contributed by atoms with Crippen LogP contribution in [0.25, 0.3) is 0 Å². The number of rotatable bonds is 7. The molecule has 0 fully saturated rings. The van der Waals surface area contributed by atoms with Gasteiger partial charge in [-0.25, -0.2) is 0 Å². The van der Waals surface area contributed by atoms with E-state index in [0.717, 1.165) is 18.4 Å². The average molecular weight is 204 g/mol. The van der Waals surface area contributed by atoms with Gasteiger partial charge in [-0.3, -0.25) is 0 Å². The van der Waals surface area contributed by atoms with Crippen molar-refractivity contribution in [2.75, 3.05) is 0 Å². The van der Waals surface area contributed by atoms with Crippen molar-refractivity contribution in [1.82, 2.24) is 0 Å². The van der Waals surface area contributed by atoms with E-state index in [-0.39, 0.29) is 0 Å². The largest absolute Gasteiger partial charge is 0.100 e. The van der Waals surface area contributed by atoms with E-state index in [1.54, 1.807) is 0 Å². The van der Waals surface area contributed by atoms with E-state index in [2.05, 4.69) is 45.2 Å². The lowest BCUT2D eigenvalue weighted by molar-refractivity contribution is 0.803. The Balaban J connectivity index is 3.69. The Bertz CT molecular complexity index is 264. The summed E-state index contributed by atoms with van der Waals surface area (Å²) in [4.78, 5) is 0. The lowest BCUT2D eigenvalue weighted by atomic mass is 10.1. The molecule has 0 aliphatic heterocycles. The van der Waals surface area contributed by atoms with Gasteiger partial charge in [0.1, 0.15) is 0 Å². The molecule has 0 heterocycles. The summed E-state index contributed by atoms with van der Waals surface area (Å²) in [5.74, 6) is 0. The van der Waals surface area contributed by atoms with Gasteiger partial charge in [0.15, 0.2) is 0 Å². The highest BCUT2D eigenvalue weighted by atomic mass is 14.0. The van der Waals surface area contributed by atoms with Crippen LogP contribution < -0.4 is 0 Å². The molecule has 0 atom stereocenters. The molecule has 0 spiro atoms. The summed E-state index contributed by atoms with van der Waals surface area (Å²) in [7, 11) is 0. The highest BCUT2D eigenvalue weighted by molar-refractivity contribution is 5.13. The van der Waals surface area contributed by atoms with Gasteiger partial charge in [-0.05, 0) is 46.5 Å². The fraction of sp³-hybridized carbons (Fsp3) is 0.467. The minimum atomic E-state index is 1.02. The van der Waals surface area contributed by atoms with Crippen molar-refractivity contribution in [3.63, 3.8) is 0 Å². The zero-order chi connectivity index (χ0) is 11.7. The predicted molar refractivity (Wildman–Crippen MR) is 71.0 cm³/mol. The van der Waals surface area contributed by atoms with E-state index in [9.17, 15) is 0 Å². The molecular weight excluding hydrogens is 180 g/mol. The van der Waals surface area contributed by atoms with Gasteiger partial charge < -0.3 is 0 Å². The Kier molecular flexibility index (Phi) is 7.71. The molecule has 0 nitrogen and oxygen atoms in total. The molecule has 0 aliphatic carbocycles. The molecular formula is C15H24. The Labute approximate surface area is 95.1 Å². The lowest BCUT2D eigenvalue weighted by Gasteiger charge is -2.00. The second-order valence-electron chi connectivity index (χ2n) is 4.35. The van der Waals surface area contributed by atoms with Crippen LogP contribution in [0.4, 0.5) is 0 Å². The summed E-state index contributed by atoms with van der Waals surface area (Å²) in [6.45, 7) is 14.0. The first-order valence-corrected chi connectivity index (χ1v) is 5.64. The van der Waals surface area contributed by atoms with Gasteiger partial charge in [-0.1, -0.05) is 41.5 Å². The van der Waals surface area contributed by atoms with Crippen LogP contribution in [0.2, 0.25) is 0 Å². The molecule has 0 unspecified atom stereocenters. The number of hydrogen-bond donors (Lipinski definition) is 0. The van der Waals surface area contributed by atoms with Crippen molar-refractivity contribution in [2.24, 2.45) is 0 Å². The Morgan fingerprint density at radius 3 is 2.27 bits per heavy atom. The molecule has 0 rings (SSSR count). The average Bonchev–Trinajstić information content (AvgIpc) is 2.11. The first-order valence-electron chi connectivity index (χ1n) is 5.64. The van der Waals surface area contributed by atoms with E-state index in [0.29, 0.717) is 0 Å². The monoisotopic (exact) mass is 204 g/mol. The lowest BCUT2D eigenvalue weighted by Crippen LogP contribution is -1.80. The van der Waals surface area contributed by atoms with Crippen molar-refractivity contribution in [3.8, 4) is 0 Å². The molecule has 84 valence electrons. The van der Waals surface area contributed by atoms with Gasteiger partial charge in [-0.2, -0.15) is 0 Å². The van der Waals surface area contributed by atoms with Gasteiger partial charge in [0.25, 0.3) is 0 Å². The van der Waals surface area contributed by atoms with Crippen LogP contribution in [0.3, 0.4) is 0 Å². The summed E-state index contributed by atoms with van der Waals surface area (Å²) in [5, 5.41) is 0. The number of hydrogen-bond acceptors (Lipinski definition) is 0. The van der Waals surface area contributed by atoms with Crippen molar-refractivity contribution >= 4 is 0 Å². The van der Waals surface area contributed by atoms with Gasteiger partial charge in [-0.15, -0.1) is 6.58 Å². The Morgan fingerprint density at radius 1 is 1.07 bits per heavy atom. The molecule has 0 aromatic carbocycles. The topological polar surface area (TPSA) is 0 Å². The third-order valence-corrected chi connectivity index (χ3v) is 2.18. The van der Waals surface area contributed by atoms with Crippen LogP contribution in [0, 0.1) is 0 Å². The molecule has 0 aromatic heterocycles. The summed E-state index contributed by atoms with van der Waals surface area (Å²) in [6.07, 6.45) is 11.1. The minimum absolute atomic E-state index is 1.02. The van der Waals surface area contributed by atoms with Crippen LogP contribution in [0.1, 0.15) is 46.5 Å². The highest BCUT2D eigenvalue weighted by Crippen LogP contribution is 2.11. The maximum atomic E-state index is 3.91. The fourth-order valence-electron chi connectivity index (χ4n) is 1.31. The second-order valence-corrected chi connectivity index (χ2v) is 4.35. The van der Waals surface area contributed by atoms with Gasteiger partial charge in [0, 0.05) is 0 Å². The van der Waals surface area contributed by atoms with Crippen LogP contribution in [0.15, 0.2) is 48.1 Å². The number of allylic oxidation sites excluding steroid dienone is 6. The molecule has 0 N–H and O–H groups in total. The Morgan fingerprint density at radius 2 is 1.73 bits per heavy atom. The molecule has 0 aromatic rings. The van der Waals surface area contributed by atoms with Crippen LogP contribution >= 0.6 is 0 Å². The Hall–Kier alpha value is -1.04. The van der Waals surface area contributed by atoms with Crippen molar-refractivity contribution in [1.29, 1.82) is 0 Å². The maximum absolute atomic E-state index is 3.91. The van der Waals surface area contributed by atoms with E-state index >= 15 is 0 Å². The third kappa shape index (κ3) is 10.9. The van der Waals surface area contributed by atoms with Gasteiger partial charge >= 0.3 is 0 Å². The predicted octanol–water partition coefficient (Wildman–Crippen LogP) is 5.20. The van der Waals surface area contributed by atoms with E-state index < -0.39 is 0 Å². The quantitative estimate of drug-likeness (QED) is 0.395. The molecule has 0 saturated heterocycles. The summed E-state index contributed by atoms with van der Waals surface area (Å²) in [5.41, 5.74) is 3.87. The van der Waals surface area contributed by atoms with E-state index in [4.69, 9.17) is 0 Å². The molecule has 15 heavy (non-hydrogen) atoms. The second kappa shape index (κ2) is 8.28. The molecule has 0 radical (unpaired) electrons. The van der Waals surface area contributed by atoms with Crippen molar-refractivity contribution in [3.05, 3.63) is 48.1 Å². The normalized spacial score (nSPS) is 12.1. The van der Waals surface area contributed by atoms with Crippen LogP contribution in [-0.2, 0) is 0 Å². The fourth-order valence-corrected chi connectivity index (χ4v) is 1.31. The van der Waals surface area contributed by atoms with Crippen LogP contribution in [-0.4, -0.2) is 0 Å². The van der Waals surface area contributed by atoms with Gasteiger partial charge in [0.05, 0.1) is 0 Å². The van der Waals surface area contributed by atoms with E-state index in [1.807, 2.05) is 6.92 Å². The third-order valence-electron chi connectivity index (χ3n) is 2.18. The zero-order valence-electron chi connectivity index (χ0n) is 10.5. The highest BCUT2D eigenvalue weighted by Gasteiger charge is 1.90. The first-order chi connectivity index (χ1) is 7.02. The maximum Gasteiger partial charge on any atom is -0.0163 e. The minimum Gasteiger partial charge on any atom is -0.100 e.